The van der Waals surface area contributed by atoms with Crippen molar-refractivity contribution in [2.45, 2.75) is 0 Å². The maximum absolute atomic E-state index is 10.7. The first-order chi connectivity index (χ1) is 5.16. The number of carbonyl (C=O) groups excluding carboxylic acids is 2. The fraction of sp³-hybridized carbons (Fsp3) is 0.333. The van der Waals surface area contributed by atoms with Gasteiger partial charge >= 0.3 is 11.9 Å². The monoisotopic (exact) mass is 175 g/mol. The number of carbonyl (C=O) groups is 2. The van der Waals surface area contributed by atoms with Crippen LogP contribution in [0.1, 0.15) is 0 Å². The fourth-order valence-electron chi connectivity index (χ4n) is 0.688. The number of ether oxygens (including phenoxy) is 2. The fourth-order valence-corrected chi connectivity index (χ4v) is 0.688. The van der Waals surface area contributed by atoms with E-state index in [1.54, 1.807) is 0 Å². The quantitative estimate of drug-likeness (QED) is 0.393. The summed E-state index contributed by atoms with van der Waals surface area (Å²) in [5.41, 5.74) is -0.521. The second-order valence-electron chi connectivity index (χ2n) is 1.87. The summed E-state index contributed by atoms with van der Waals surface area (Å²) in [5.74, 6) is -2.46. The number of methoxy groups -OCH3 is 1. The Kier molecular flexibility index (Phi) is 3.24. The van der Waals surface area contributed by atoms with E-state index in [1.807, 2.05) is 0 Å². The highest BCUT2D eigenvalue weighted by atomic mass is 16.6. The molecule has 6 nitrogen and oxygen atoms in total. The minimum atomic E-state index is -0.933. The van der Waals surface area contributed by atoms with Crippen molar-refractivity contribution in [2.75, 3.05) is 13.7 Å². The standard InChI is InChI=1S/C6H6O5.H3N/c1-10-5(8)4-3(7)2-11-6(4)9;/h7H,2H2,1H3;1H3. The third-order valence-electron chi connectivity index (χ3n) is 1.21. The van der Waals surface area contributed by atoms with E-state index in [0.29, 0.717) is 0 Å². The molecule has 4 N–H and O–H groups in total. The second kappa shape index (κ2) is 3.72. The van der Waals surface area contributed by atoms with Gasteiger partial charge in [-0.1, -0.05) is 5.76 Å². The lowest BCUT2D eigenvalue weighted by Gasteiger charge is -2.02. The Hall–Kier alpha value is -1.56. The molecule has 0 radical (unpaired) electrons. The zero-order valence-electron chi connectivity index (χ0n) is 6.75. The van der Waals surface area contributed by atoms with Crippen molar-refractivity contribution < 1.29 is 24.2 Å². The topological polar surface area (TPSA) is 112 Å². The molecule has 1 aliphatic rings. The molecule has 1 heterocycles. The molecule has 0 bridgehead atoms. The lowest BCUT2D eigenvalue weighted by molar-refractivity contribution is -0.308. The van der Waals surface area contributed by atoms with Crippen molar-refractivity contribution in [2.24, 2.45) is 0 Å². The van der Waals surface area contributed by atoms with E-state index in [4.69, 9.17) is 0 Å². The normalized spacial score (nSPS) is 15.2. The van der Waals surface area contributed by atoms with Crippen LogP contribution >= 0.6 is 0 Å². The summed E-state index contributed by atoms with van der Waals surface area (Å²) in [6.07, 6.45) is 0. The van der Waals surface area contributed by atoms with Gasteiger partial charge in [-0.25, -0.2) is 9.59 Å². The Morgan fingerprint density at radius 2 is 2.25 bits per heavy atom. The third-order valence-corrected chi connectivity index (χ3v) is 1.21. The Balaban J connectivity index is 0.00000121. The van der Waals surface area contributed by atoms with Gasteiger partial charge in [-0.05, 0) is 0 Å². The molecule has 68 valence electrons. The molecular formula is C6H9NO5. The van der Waals surface area contributed by atoms with Crippen molar-refractivity contribution in [1.82, 2.24) is 6.15 Å². The van der Waals surface area contributed by atoms with E-state index in [9.17, 15) is 14.7 Å². The van der Waals surface area contributed by atoms with Gasteiger partial charge in [-0.3, -0.25) is 0 Å². The van der Waals surface area contributed by atoms with E-state index in [0.717, 1.165) is 7.11 Å². The summed E-state index contributed by atoms with van der Waals surface area (Å²) in [4.78, 5) is 21.3. The summed E-state index contributed by atoms with van der Waals surface area (Å²) in [7, 11) is 1.09. The van der Waals surface area contributed by atoms with Gasteiger partial charge in [0.2, 0.25) is 0 Å². The number of quaternary nitrogens is 1. The van der Waals surface area contributed by atoms with Crippen LogP contribution in [0.15, 0.2) is 11.3 Å². The molecule has 6 heteroatoms. The first kappa shape index (κ1) is 10.4. The van der Waals surface area contributed by atoms with Gasteiger partial charge in [0.15, 0.2) is 0 Å². The van der Waals surface area contributed by atoms with Crippen LogP contribution in [-0.2, 0) is 19.1 Å². The molecule has 0 saturated carbocycles. The first-order valence-corrected chi connectivity index (χ1v) is 2.82. The minimum Gasteiger partial charge on any atom is -0.872 e. The number of rotatable bonds is 1. The van der Waals surface area contributed by atoms with Crippen LogP contribution in [-0.4, -0.2) is 25.7 Å². The van der Waals surface area contributed by atoms with Crippen LogP contribution in [0.25, 0.3) is 0 Å². The maximum Gasteiger partial charge on any atom is 0.345 e. The molecule has 0 aliphatic carbocycles. The molecule has 0 atom stereocenters. The van der Waals surface area contributed by atoms with Crippen molar-refractivity contribution in [1.29, 1.82) is 0 Å². The molecule has 0 aromatic carbocycles. The third kappa shape index (κ3) is 1.54. The average molecular weight is 175 g/mol. The Morgan fingerprint density at radius 3 is 2.58 bits per heavy atom. The molecule has 0 aromatic heterocycles. The molecule has 12 heavy (non-hydrogen) atoms. The molecule has 0 fully saturated rings. The van der Waals surface area contributed by atoms with Crippen molar-refractivity contribution in [3.8, 4) is 0 Å². The van der Waals surface area contributed by atoms with Crippen LogP contribution in [0.5, 0.6) is 0 Å². The van der Waals surface area contributed by atoms with E-state index in [2.05, 4.69) is 9.47 Å². The SMILES string of the molecule is COC(=O)C1=C([O-])COC1=O.[NH4+]. The minimum absolute atomic E-state index is 0. The molecule has 0 saturated heterocycles. The smallest absolute Gasteiger partial charge is 0.345 e. The lowest BCUT2D eigenvalue weighted by Crippen LogP contribution is -2.15. The Morgan fingerprint density at radius 1 is 1.67 bits per heavy atom. The van der Waals surface area contributed by atoms with E-state index < -0.39 is 23.3 Å². The van der Waals surface area contributed by atoms with E-state index in [1.165, 1.54) is 0 Å². The van der Waals surface area contributed by atoms with Crippen molar-refractivity contribution in [3.05, 3.63) is 11.3 Å². The highest BCUT2D eigenvalue weighted by Crippen LogP contribution is 2.11. The van der Waals surface area contributed by atoms with E-state index in [-0.39, 0.29) is 12.8 Å². The molecule has 1 aliphatic heterocycles. The van der Waals surface area contributed by atoms with Gasteiger partial charge in [-0.15, -0.1) is 0 Å². The van der Waals surface area contributed by atoms with Crippen LogP contribution in [0.2, 0.25) is 0 Å². The highest BCUT2D eigenvalue weighted by molar-refractivity contribution is 6.15. The molecule has 1 rings (SSSR count). The summed E-state index contributed by atoms with van der Waals surface area (Å²) in [6.45, 7) is -0.358. The number of esters is 2. The van der Waals surface area contributed by atoms with Crippen molar-refractivity contribution in [3.63, 3.8) is 0 Å². The van der Waals surface area contributed by atoms with Crippen LogP contribution in [0, 0.1) is 0 Å². The first-order valence-electron chi connectivity index (χ1n) is 2.82. The number of hydrogen-bond acceptors (Lipinski definition) is 5. The summed E-state index contributed by atoms with van der Waals surface area (Å²) in [5, 5.41) is 10.7. The van der Waals surface area contributed by atoms with Crippen LogP contribution in [0.3, 0.4) is 0 Å². The van der Waals surface area contributed by atoms with Crippen LogP contribution in [0.4, 0.5) is 0 Å². The zero-order chi connectivity index (χ0) is 8.43. The lowest BCUT2D eigenvalue weighted by atomic mass is 10.2. The molecule has 0 amide bonds. The molecular weight excluding hydrogens is 166 g/mol. The number of hydrogen-bond donors (Lipinski definition) is 1. The van der Waals surface area contributed by atoms with E-state index >= 15 is 0 Å². The predicted octanol–water partition coefficient (Wildman–Crippen LogP) is -1.29. The van der Waals surface area contributed by atoms with Gasteiger partial charge < -0.3 is 20.7 Å². The van der Waals surface area contributed by atoms with Crippen LogP contribution < -0.4 is 11.3 Å². The summed E-state index contributed by atoms with van der Waals surface area (Å²) in [6, 6.07) is 0. The maximum atomic E-state index is 10.7. The second-order valence-corrected chi connectivity index (χ2v) is 1.87. The van der Waals surface area contributed by atoms with Gasteiger partial charge in [0, 0.05) is 0 Å². The number of cyclic esters (lactones) is 1. The predicted molar refractivity (Wildman–Crippen MR) is 36.0 cm³/mol. The van der Waals surface area contributed by atoms with Gasteiger partial charge in [-0.2, -0.15) is 0 Å². The van der Waals surface area contributed by atoms with Gasteiger partial charge in [0.25, 0.3) is 0 Å². The van der Waals surface area contributed by atoms with Gasteiger partial charge in [0.05, 0.1) is 7.11 Å². The summed E-state index contributed by atoms with van der Waals surface area (Å²) < 4.78 is 8.45. The van der Waals surface area contributed by atoms with Gasteiger partial charge in [0.1, 0.15) is 12.2 Å². The summed E-state index contributed by atoms with van der Waals surface area (Å²) >= 11 is 0. The Bertz CT molecular complexity index is 244. The molecule has 0 spiro atoms. The molecule has 0 aromatic rings. The van der Waals surface area contributed by atoms with Crippen molar-refractivity contribution >= 4 is 11.9 Å². The average Bonchev–Trinajstić information content (AvgIpc) is 2.30. The zero-order valence-corrected chi connectivity index (χ0v) is 6.75. The molecule has 0 unspecified atom stereocenters. The highest BCUT2D eigenvalue weighted by Gasteiger charge is 2.26. The largest absolute Gasteiger partial charge is 0.872 e. The Labute approximate surface area is 68.3 Å².